The third kappa shape index (κ3) is 7.67. The maximum atomic E-state index is 5.41. The fraction of sp³-hybridized carbons (Fsp3) is 0.480. The second-order valence-corrected chi connectivity index (χ2v) is 8.54. The van der Waals surface area contributed by atoms with Gasteiger partial charge in [0, 0.05) is 65.1 Å². The van der Waals surface area contributed by atoms with Crippen LogP contribution in [0.2, 0.25) is 0 Å². The Morgan fingerprint density at radius 3 is 2.42 bits per heavy atom. The summed E-state index contributed by atoms with van der Waals surface area (Å²) in [7, 11) is 9.36. The number of likely N-dealkylation sites (tertiary alicyclic amines) is 1. The van der Waals surface area contributed by atoms with E-state index in [-0.39, 0.29) is 24.0 Å². The number of ether oxygens (including phenoxy) is 2. The van der Waals surface area contributed by atoms with Crippen LogP contribution in [0.1, 0.15) is 23.1 Å². The summed E-state index contributed by atoms with van der Waals surface area (Å²) in [5.41, 5.74) is 4.94. The summed E-state index contributed by atoms with van der Waals surface area (Å²) in [6, 6.07) is 13.0. The minimum atomic E-state index is 0. The number of aliphatic imine (C=N–C) groups is 1. The first-order chi connectivity index (χ1) is 15.4. The van der Waals surface area contributed by atoms with Crippen molar-refractivity contribution >= 4 is 35.6 Å². The van der Waals surface area contributed by atoms with Gasteiger partial charge < -0.3 is 25.0 Å². The smallest absolute Gasteiger partial charge is 0.191 e. The van der Waals surface area contributed by atoms with Crippen molar-refractivity contribution in [2.75, 3.05) is 53.4 Å². The molecular formula is C25H38IN5O2. The van der Waals surface area contributed by atoms with Crippen molar-refractivity contribution in [3.63, 3.8) is 0 Å². The second-order valence-electron chi connectivity index (χ2n) is 8.54. The number of hydrogen-bond acceptors (Lipinski definition) is 5. The lowest BCUT2D eigenvalue weighted by molar-refractivity contribution is 0.321. The number of anilines is 1. The fourth-order valence-corrected chi connectivity index (χ4v) is 4.12. The Bertz CT molecular complexity index is 913. The molecule has 33 heavy (non-hydrogen) atoms. The average molecular weight is 568 g/mol. The Labute approximate surface area is 215 Å². The van der Waals surface area contributed by atoms with Crippen LogP contribution in [0.3, 0.4) is 0 Å². The topological polar surface area (TPSA) is 61.4 Å². The molecule has 0 radical (unpaired) electrons. The van der Waals surface area contributed by atoms with Gasteiger partial charge in [0.05, 0.1) is 14.2 Å². The van der Waals surface area contributed by atoms with Gasteiger partial charge in [-0.1, -0.05) is 12.1 Å². The van der Waals surface area contributed by atoms with Crippen LogP contribution < -0.4 is 25.0 Å². The van der Waals surface area contributed by atoms with Crippen molar-refractivity contribution in [3.05, 3.63) is 53.1 Å². The monoisotopic (exact) mass is 567 g/mol. The van der Waals surface area contributed by atoms with E-state index in [0.717, 1.165) is 50.1 Å². The Balaban J connectivity index is 0.00000385. The summed E-state index contributed by atoms with van der Waals surface area (Å²) < 4.78 is 10.8. The van der Waals surface area contributed by atoms with Crippen LogP contribution in [0.25, 0.3) is 0 Å². The van der Waals surface area contributed by atoms with Crippen molar-refractivity contribution in [3.8, 4) is 11.5 Å². The molecule has 182 valence electrons. The van der Waals surface area contributed by atoms with E-state index in [9.17, 15) is 0 Å². The molecule has 0 amide bonds. The van der Waals surface area contributed by atoms with Crippen LogP contribution in [0.4, 0.5) is 5.69 Å². The summed E-state index contributed by atoms with van der Waals surface area (Å²) in [4.78, 5) is 9.05. The second kappa shape index (κ2) is 12.9. The maximum Gasteiger partial charge on any atom is 0.191 e. The lowest BCUT2D eigenvalue weighted by Crippen LogP contribution is -2.44. The fourth-order valence-electron chi connectivity index (χ4n) is 4.12. The number of hydrogen-bond donors (Lipinski definition) is 2. The van der Waals surface area contributed by atoms with Crippen molar-refractivity contribution in [1.29, 1.82) is 0 Å². The van der Waals surface area contributed by atoms with E-state index in [1.54, 1.807) is 14.2 Å². The number of guanidine groups is 1. The summed E-state index contributed by atoms with van der Waals surface area (Å²) in [5.74, 6) is 2.49. The first kappa shape index (κ1) is 27.0. The Morgan fingerprint density at radius 2 is 1.82 bits per heavy atom. The zero-order valence-electron chi connectivity index (χ0n) is 20.6. The predicted molar refractivity (Wildman–Crippen MR) is 147 cm³/mol. The first-order valence-corrected chi connectivity index (χ1v) is 11.1. The predicted octanol–water partition coefficient (Wildman–Crippen LogP) is 3.64. The molecule has 2 aromatic rings. The van der Waals surface area contributed by atoms with Crippen LogP contribution in [0.15, 0.2) is 41.4 Å². The highest BCUT2D eigenvalue weighted by Gasteiger charge is 2.23. The normalized spacial score (nSPS) is 16.2. The molecule has 1 heterocycles. The summed E-state index contributed by atoms with van der Waals surface area (Å²) in [6.45, 7) is 5.73. The average Bonchev–Trinajstić information content (AvgIpc) is 3.23. The zero-order valence-corrected chi connectivity index (χ0v) is 23.0. The number of halogens is 1. The molecule has 2 N–H and O–H groups in total. The van der Waals surface area contributed by atoms with E-state index >= 15 is 0 Å². The molecule has 0 aromatic heterocycles. The number of nitrogens with zero attached hydrogens (tertiary/aromatic N) is 3. The van der Waals surface area contributed by atoms with Gasteiger partial charge in [-0.2, -0.15) is 0 Å². The number of benzene rings is 2. The van der Waals surface area contributed by atoms with Gasteiger partial charge in [-0.15, -0.1) is 24.0 Å². The van der Waals surface area contributed by atoms with Gasteiger partial charge >= 0.3 is 0 Å². The number of aryl methyl sites for hydroxylation is 1. The van der Waals surface area contributed by atoms with E-state index in [2.05, 4.69) is 76.8 Å². The highest BCUT2D eigenvalue weighted by Crippen LogP contribution is 2.24. The van der Waals surface area contributed by atoms with Crippen LogP contribution in [-0.2, 0) is 13.1 Å². The van der Waals surface area contributed by atoms with Gasteiger partial charge in [0.25, 0.3) is 0 Å². The third-order valence-electron chi connectivity index (χ3n) is 5.82. The van der Waals surface area contributed by atoms with E-state index in [4.69, 9.17) is 9.47 Å². The maximum absolute atomic E-state index is 5.41. The van der Waals surface area contributed by atoms with Gasteiger partial charge in [-0.3, -0.25) is 9.89 Å². The van der Waals surface area contributed by atoms with Crippen molar-refractivity contribution in [2.45, 2.75) is 32.5 Å². The van der Waals surface area contributed by atoms with Crippen molar-refractivity contribution in [1.82, 2.24) is 15.5 Å². The highest BCUT2D eigenvalue weighted by atomic mass is 127. The molecule has 0 aliphatic carbocycles. The van der Waals surface area contributed by atoms with E-state index < -0.39 is 0 Å². The van der Waals surface area contributed by atoms with Gasteiger partial charge in [-0.25, -0.2) is 0 Å². The molecule has 1 saturated heterocycles. The largest absolute Gasteiger partial charge is 0.497 e. The molecular weight excluding hydrogens is 529 g/mol. The quantitative estimate of drug-likeness (QED) is 0.289. The van der Waals surface area contributed by atoms with Gasteiger partial charge in [0.1, 0.15) is 11.5 Å². The first-order valence-electron chi connectivity index (χ1n) is 11.1. The molecule has 0 bridgehead atoms. The standard InChI is InChI=1S/C25H37N5O2.HI/c1-18-7-8-20(24(11-18)29(3)4)15-27-25(26-2)28-21-9-10-30(17-21)16-19-12-22(31-5)14-23(13-19)32-6;/h7-8,11-14,21H,9-10,15-17H2,1-6H3,(H2,26,27,28);1H. The van der Waals surface area contributed by atoms with Crippen molar-refractivity contribution in [2.24, 2.45) is 4.99 Å². The Hall–Kier alpha value is -2.20. The summed E-state index contributed by atoms with van der Waals surface area (Å²) in [5, 5.41) is 7.07. The molecule has 2 aromatic carbocycles. The van der Waals surface area contributed by atoms with Gasteiger partial charge in [0.2, 0.25) is 0 Å². The molecule has 0 spiro atoms. The van der Waals surface area contributed by atoms with Crippen LogP contribution >= 0.6 is 24.0 Å². The van der Waals surface area contributed by atoms with Gasteiger partial charge in [0.15, 0.2) is 5.96 Å². The van der Waals surface area contributed by atoms with E-state index in [1.807, 2.05) is 13.1 Å². The minimum Gasteiger partial charge on any atom is -0.497 e. The van der Waals surface area contributed by atoms with Crippen molar-refractivity contribution < 1.29 is 9.47 Å². The number of rotatable bonds is 8. The third-order valence-corrected chi connectivity index (χ3v) is 5.82. The Morgan fingerprint density at radius 1 is 1.12 bits per heavy atom. The molecule has 1 aliphatic heterocycles. The number of methoxy groups -OCH3 is 2. The summed E-state index contributed by atoms with van der Waals surface area (Å²) >= 11 is 0. The molecule has 1 atom stereocenters. The molecule has 0 saturated carbocycles. The molecule has 3 rings (SSSR count). The van der Waals surface area contributed by atoms with Crippen LogP contribution in [0.5, 0.6) is 11.5 Å². The number of nitrogens with one attached hydrogen (secondary N) is 2. The molecule has 1 aliphatic rings. The Kier molecular flexibility index (Phi) is 10.6. The molecule has 1 fully saturated rings. The van der Waals surface area contributed by atoms with E-state index in [1.165, 1.54) is 22.4 Å². The SMILES string of the molecule is CN=C(NCc1ccc(C)cc1N(C)C)NC1CCN(Cc2cc(OC)cc(OC)c2)C1.I. The summed E-state index contributed by atoms with van der Waals surface area (Å²) in [6.07, 6.45) is 1.08. The van der Waals surface area contributed by atoms with E-state index in [0.29, 0.717) is 6.04 Å². The molecule has 1 unspecified atom stereocenters. The highest BCUT2D eigenvalue weighted by molar-refractivity contribution is 14.0. The van der Waals surface area contributed by atoms with Crippen LogP contribution in [-0.4, -0.2) is 65.4 Å². The van der Waals surface area contributed by atoms with Gasteiger partial charge in [-0.05, 0) is 48.2 Å². The molecule has 7 nitrogen and oxygen atoms in total. The minimum absolute atomic E-state index is 0. The zero-order chi connectivity index (χ0) is 23.1. The van der Waals surface area contributed by atoms with Crippen LogP contribution in [0, 0.1) is 6.92 Å². The lowest BCUT2D eigenvalue weighted by atomic mass is 10.1. The lowest BCUT2D eigenvalue weighted by Gasteiger charge is -2.21. The molecule has 8 heteroatoms.